The largest absolute Gasteiger partial charge is 0.456 e. The van der Waals surface area contributed by atoms with Gasteiger partial charge in [0, 0.05) is 10.8 Å². The Balaban J connectivity index is 1.29. The Morgan fingerprint density at radius 1 is 0.488 bits per heavy atom. The summed E-state index contributed by atoms with van der Waals surface area (Å²) in [6.07, 6.45) is 0. The van der Waals surface area contributed by atoms with Gasteiger partial charge in [0.25, 0.3) is 0 Å². The SMILES string of the molecule is [C-]#[N+]c1cc(-c2ccccc2)cc(-c2cccc(-c3ccc(-c4ccc5oc6ccccc6c5c4)cc3C)c2C)c1. The normalized spacial score (nSPS) is 11.1. The van der Waals surface area contributed by atoms with E-state index in [4.69, 9.17) is 11.0 Å². The van der Waals surface area contributed by atoms with Crippen molar-refractivity contribution in [2.75, 3.05) is 0 Å². The molecule has 6 aromatic carbocycles. The van der Waals surface area contributed by atoms with Gasteiger partial charge in [-0.25, -0.2) is 4.85 Å². The smallest absolute Gasteiger partial charge is 0.188 e. The number of para-hydroxylation sites is 1. The van der Waals surface area contributed by atoms with Gasteiger partial charge < -0.3 is 4.42 Å². The average molecular weight is 526 g/mol. The van der Waals surface area contributed by atoms with Crippen LogP contribution in [0.5, 0.6) is 0 Å². The average Bonchev–Trinajstić information content (AvgIpc) is 3.39. The Morgan fingerprint density at radius 3 is 2.02 bits per heavy atom. The molecule has 194 valence electrons. The molecule has 2 heteroatoms. The first-order valence-corrected chi connectivity index (χ1v) is 13.8. The van der Waals surface area contributed by atoms with Crippen LogP contribution in [-0.2, 0) is 0 Å². The molecule has 0 spiro atoms. The summed E-state index contributed by atoms with van der Waals surface area (Å²) < 4.78 is 6.04. The molecule has 0 aliphatic heterocycles. The maximum Gasteiger partial charge on any atom is 0.188 e. The van der Waals surface area contributed by atoms with E-state index >= 15 is 0 Å². The predicted octanol–water partition coefficient (Wildman–Crippen LogP) is 11.4. The van der Waals surface area contributed by atoms with Crippen LogP contribution in [-0.4, -0.2) is 0 Å². The molecule has 0 N–H and O–H groups in total. The number of rotatable bonds is 4. The van der Waals surface area contributed by atoms with Gasteiger partial charge in [-0.1, -0.05) is 91.0 Å². The molecule has 7 rings (SSSR count). The molecule has 0 amide bonds. The van der Waals surface area contributed by atoms with Crippen LogP contribution in [0.25, 0.3) is 71.3 Å². The summed E-state index contributed by atoms with van der Waals surface area (Å²) in [5.41, 5.74) is 14.1. The third-order valence-corrected chi connectivity index (χ3v) is 8.03. The molecular weight excluding hydrogens is 498 g/mol. The van der Waals surface area contributed by atoms with E-state index in [1.807, 2.05) is 42.5 Å². The quantitative estimate of drug-likeness (QED) is 0.209. The number of hydrogen-bond donors (Lipinski definition) is 0. The minimum Gasteiger partial charge on any atom is -0.456 e. The van der Waals surface area contributed by atoms with Crippen LogP contribution in [0.4, 0.5) is 5.69 Å². The van der Waals surface area contributed by atoms with E-state index in [2.05, 4.69) is 104 Å². The van der Waals surface area contributed by atoms with Crippen molar-refractivity contribution in [3.63, 3.8) is 0 Å². The minimum atomic E-state index is 0.647. The molecule has 0 atom stereocenters. The number of nitrogens with zero attached hydrogens (tertiary/aromatic N) is 1. The fourth-order valence-corrected chi connectivity index (χ4v) is 5.92. The zero-order chi connectivity index (χ0) is 27.9. The summed E-state index contributed by atoms with van der Waals surface area (Å²) in [4.78, 5) is 3.78. The molecule has 7 aromatic rings. The maximum absolute atomic E-state index is 7.71. The fraction of sp³-hybridized carbons (Fsp3) is 0.0513. The summed E-state index contributed by atoms with van der Waals surface area (Å²) in [7, 11) is 0. The number of hydrogen-bond acceptors (Lipinski definition) is 1. The second kappa shape index (κ2) is 9.97. The van der Waals surface area contributed by atoms with Crippen molar-refractivity contribution < 1.29 is 4.42 Å². The molecule has 41 heavy (non-hydrogen) atoms. The second-order valence-electron chi connectivity index (χ2n) is 10.6. The van der Waals surface area contributed by atoms with E-state index in [0.717, 1.165) is 44.2 Å². The van der Waals surface area contributed by atoms with E-state index in [0.29, 0.717) is 5.69 Å². The highest BCUT2D eigenvalue weighted by Crippen LogP contribution is 2.39. The lowest BCUT2D eigenvalue weighted by Gasteiger charge is -2.16. The first kappa shape index (κ1) is 24.6. The molecular formula is C39H27NO. The van der Waals surface area contributed by atoms with Gasteiger partial charge in [-0.2, -0.15) is 0 Å². The summed E-state index contributed by atoms with van der Waals surface area (Å²) in [6, 6.07) is 44.3. The fourth-order valence-electron chi connectivity index (χ4n) is 5.92. The van der Waals surface area contributed by atoms with Crippen LogP contribution in [0.15, 0.2) is 132 Å². The Hall–Kier alpha value is -5.39. The monoisotopic (exact) mass is 525 g/mol. The van der Waals surface area contributed by atoms with Gasteiger partial charge in [0.1, 0.15) is 11.2 Å². The summed E-state index contributed by atoms with van der Waals surface area (Å²) in [5, 5.41) is 2.28. The number of furan rings is 1. The molecule has 1 heterocycles. The standard InChI is InChI=1S/C39H27NO/c1-25-20-28(29-17-19-39-37(24-29)36-12-7-8-15-38(36)41-39)16-18-33(25)35-14-9-13-34(26(35)2)31-21-30(22-32(23-31)40-3)27-10-5-4-6-11-27/h4-24H,1-2H3. The molecule has 0 aliphatic carbocycles. The third-order valence-electron chi connectivity index (χ3n) is 8.03. The lowest BCUT2D eigenvalue weighted by Crippen LogP contribution is -1.92. The highest BCUT2D eigenvalue weighted by atomic mass is 16.3. The van der Waals surface area contributed by atoms with Gasteiger partial charge in [0.05, 0.1) is 6.57 Å². The van der Waals surface area contributed by atoms with E-state index in [1.165, 1.54) is 33.4 Å². The van der Waals surface area contributed by atoms with Crippen molar-refractivity contribution in [3.8, 4) is 44.5 Å². The zero-order valence-electron chi connectivity index (χ0n) is 23.0. The predicted molar refractivity (Wildman–Crippen MR) is 171 cm³/mol. The van der Waals surface area contributed by atoms with E-state index < -0.39 is 0 Å². The number of benzene rings is 6. The van der Waals surface area contributed by atoms with E-state index in [9.17, 15) is 0 Å². The topological polar surface area (TPSA) is 17.5 Å². The van der Waals surface area contributed by atoms with Crippen molar-refractivity contribution in [3.05, 3.63) is 150 Å². The molecule has 0 saturated heterocycles. The maximum atomic E-state index is 7.71. The van der Waals surface area contributed by atoms with Crippen LogP contribution >= 0.6 is 0 Å². The first-order chi connectivity index (χ1) is 20.1. The van der Waals surface area contributed by atoms with Gasteiger partial charge in [0.15, 0.2) is 5.69 Å². The third kappa shape index (κ3) is 4.39. The van der Waals surface area contributed by atoms with Crippen molar-refractivity contribution in [1.82, 2.24) is 0 Å². The summed E-state index contributed by atoms with van der Waals surface area (Å²) in [5.74, 6) is 0. The van der Waals surface area contributed by atoms with Crippen LogP contribution in [0.2, 0.25) is 0 Å². The van der Waals surface area contributed by atoms with Crippen molar-refractivity contribution in [1.29, 1.82) is 0 Å². The highest BCUT2D eigenvalue weighted by molar-refractivity contribution is 6.06. The molecule has 2 nitrogen and oxygen atoms in total. The van der Waals surface area contributed by atoms with Crippen LogP contribution in [0.3, 0.4) is 0 Å². The molecule has 0 unspecified atom stereocenters. The Kier molecular flexibility index (Phi) is 5.99. The molecule has 1 aromatic heterocycles. The zero-order valence-corrected chi connectivity index (χ0v) is 23.0. The summed E-state index contributed by atoms with van der Waals surface area (Å²) in [6.45, 7) is 12.1. The van der Waals surface area contributed by atoms with Crippen molar-refractivity contribution in [2.45, 2.75) is 13.8 Å². The Bertz CT molecular complexity index is 2130. The van der Waals surface area contributed by atoms with E-state index in [1.54, 1.807) is 0 Å². The second-order valence-corrected chi connectivity index (χ2v) is 10.6. The Morgan fingerprint density at radius 2 is 1.20 bits per heavy atom. The number of aryl methyl sites for hydroxylation is 1. The number of fused-ring (bicyclic) bond motifs is 3. The lowest BCUT2D eigenvalue weighted by molar-refractivity contribution is 0.669. The van der Waals surface area contributed by atoms with Crippen molar-refractivity contribution >= 4 is 27.6 Å². The van der Waals surface area contributed by atoms with Crippen LogP contribution < -0.4 is 0 Å². The minimum absolute atomic E-state index is 0.647. The molecule has 0 bridgehead atoms. The molecule has 0 fully saturated rings. The van der Waals surface area contributed by atoms with Crippen LogP contribution in [0.1, 0.15) is 11.1 Å². The van der Waals surface area contributed by atoms with Gasteiger partial charge in [-0.05, 0) is 106 Å². The molecule has 0 radical (unpaired) electrons. The van der Waals surface area contributed by atoms with Gasteiger partial charge in [0.2, 0.25) is 0 Å². The van der Waals surface area contributed by atoms with Gasteiger partial charge in [-0.3, -0.25) is 0 Å². The summed E-state index contributed by atoms with van der Waals surface area (Å²) >= 11 is 0. The van der Waals surface area contributed by atoms with Gasteiger partial charge in [-0.15, -0.1) is 0 Å². The van der Waals surface area contributed by atoms with Crippen LogP contribution in [0, 0.1) is 20.4 Å². The first-order valence-electron chi connectivity index (χ1n) is 13.8. The molecule has 0 saturated carbocycles. The molecule has 0 aliphatic rings. The Labute approximate surface area is 240 Å². The van der Waals surface area contributed by atoms with Crippen molar-refractivity contribution in [2.24, 2.45) is 0 Å². The highest BCUT2D eigenvalue weighted by Gasteiger charge is 2.14. The lowest BCUT2D eigenvalue weighted by atomic mass is 9.88. The van der Waals surface area contributed by atoms with E-state index in [-0.39, 0.29) is 0 Å². The van der Waals surface area contributed by atoms with Gasteiger partial charge >= 0.3 is 0 Å².